The van der Waals surface area contributed by atoms with E-state index in [0.717, 1.165) is 38.9 Å². The van der Waals surface area contributed by atoms with E-state index in [1.165, 1.54) is 41.9 Å². The van der Waals surface area contributed by atoms with Crippen molar-refractivity contribution in [2.24, 2.45) is 12.5 Å². The number of rotatable bonds is 5. The minimum absolute atomic E-state index is 0.251. The van der Waals surface area contributed by atoms with Gasteiger partial charge in [-0.25, -0.2) is 15.4 Å². The van der Waals surface area contributed by atoms with Gasteiger partial charge in [0, 0.05) is 69.3 Å². The number of anilines is 1. The first-order valence-electron chi connectivity index (χ1n) is 10.8. The number of aryl methyl sites for hydroxylation is 1. The summed E-state index contributed by atoms with van der Waals surface area (Å²) in [7, 11) is 2.12. The average molecular weight is 421 g/mol. The second-order valence-electron chi connectivity index (χ2n) is 8.94. The summed E-state index contributed by atoms with van der Waals surface area (Å²) in [6.45, 7) is 5.31. The zero-order valence-electron chi connectivity index (χ0n) is 17.8. The molecule has 0 bridgehead atoms. The first-order valence-corrected chi connectivity index (χ1v) is 10.8. The predicted molar refractivity (Wildman–Crippen MR) is 118 cm³/mol. The van der Waals surface area contributed by atoms with Crippen molar-refractivity contribution >= 4 is 22.8 Å². The van der Waals surface area contributed by atoms with E-state index in [2.05, 4.69) is 61.8 Å². The lowest BCUT2D eigenvalue weighted by molar-refractivity contribution is -0.0173. The van der Waals surface area contributed by atoms with Crippen LogP contribution in [0.25, 0.3) is 10.9 Å². The molecular formula is C23H28N6O2. The molecule has 8 nitrogen and oxygen atoms in total. The minimum atomic E-state index is -0.595. The largest absolute Gasteiger partial charge is 0.350 e. The molecule has 1 amide bonds. The van der Waals surface area contributed by atoms with Crippen LogP contribution in [0.1, 0.15) is 28.8 Å². The summed E-state index contributed by atoms with van der Waals surface area (Å²) in [5, 5.41) is 10.1. The highest BCUT2D eigenvalue weighted by Gasteiger charge is 2.44. The molecule has 4 heterocycles. The van der Waals surface area contributed by atoms with Gasteiger partial charge in [0.05, 0.1) is 5.56 Å². The molecule has 162 valence electrons. The maximum Gasteiger partial charge on any atom is 0.277 e. The number of fused-ring (bicyclic) bond motifs is 1. The molecule has 0 radical (unpaired) electrons. The number of hydrogen-bond acceptors (Lipinski definition) is 6. The Bertz CT molecular complexity index is 1080. The topological polar surface area (TPSA) is 86.5 Å². The fourth-order valence-corrected chi connectivity index (χ4v) is 5.13. The second-order valence-corrected chi connectivity index (χ2v) is 8.94. The highest BCUT2D eigenvalue weighted by molar-refractivity contribution is 5.92. The van der Waals surface area contributed by atoms with Crippen LogP contribution in [0.4, 0.5) is 5.95 Å². The van der Waals surface area contributed by atoms with Crippen molar-refractivity contribution in [1.82, 2.24) is 24.9 Å². The molecule has 8 heteroatoms. The number of carbonyl (C=O) groups is 1. The third kappa shape index (κ3) is 3.77. The molecule has 2 saturated heterocycles. The van der Waals surface area contributed by atoms with Crippen LogP contribution in [-0.4, -0.2) is 63.3 Å². The zero-order chi connectivity index (χ0) is 21.4. The smallest absolute Gasteiger partial charge is 0.277 e. The number of nitrogens with one attached hydrogen (secondary N) is 1. The number of hydrogen-bond donors (Lipinski definition) is 2. The van der Waals surface area contributed by atoms with Crippen molar-refractivity contribution in [3.8, 4) is 0 Å². The molecule has 0 aliphatic carbocycles. The summed E-state index contributed by atoms with van der Waals surface area (Å²) in [5.41, 5.74) is 5.01. The van der Waals surface area contributed by atoms with Crippen molar-refractivity contribution in [3.63, 3.8) is 0 Å². The number of piperidine rings is 1. The first kappa shape index (κ1) is 20.0. The summed E-state index contributed by atoms with van der Waals surface area (Å²) in [6, 6.07) is 8.63. The number of aromatic nitrogens is 3. The molecule has 2 N–H and O–H groups in total. The van der Waals surface area contributed by atoms with E-state index in [-0.39, 0.29) is 5.56 Å². The molecule has 1 spiro atoms. The maximum atomic E-state index is 11.4. The van der Waals surface area contributed by atoms with Gasteiger partial charge in [-0.2, -0.15) is 0 Å². The van der Waals surface area contributed by atoms with Crippen LogP contribution in [0.15, 0.2) is 42.9 Å². The Kier molecular flexibility index (Phi) is 5.11. The Labute approximate surface area is 181 Å². The lowest BCUT2D eigenvalue weighted by atomic mass is 9.72. The fraction of sp³-hybridized carbons (Fsp3) is 0.435. The number of likely N-dealkylation sites (tertiary alicyclic amines) is 1. The zero-order valence-corrected chi connectivity index (χ0v) is 17.8. The van der Waals surface area contributed by atoms with Crippen LogP contribution in [-0.2, 0) is 13.5 Å². The summed E-state index contributed by atoms with van der Waals surface area (Å²) in [4.78, 5) is 24.8. The van der Waals surface area contributed by atoms with Gasteiger partial charge in [0.2, 0.25) is 5.95 Å². The molecule has 0 unspecified atom stereocenters. The van der Waals surface area contributed by atoms with Gasteiger partial charge in [-0.15, -0.1) is 0 Å². The Morgan fingerprint density at radius 3 is 2.58 bits per heavy atom. The van der Waals surface area contributed by atoms with Gasteiger partial charge in [-0.1, -0.05) is 18.2 Å². The molecule has 31 heavy (non-hydrogen) atoms. The van der Waals surface area contributed by atoms with Crippen molar-refractivity contribution in [1.29, 1.82) is 0 Å². The van der Waals surface area contributed by atoms with E-state index in [1.807, 2.05) is 0 Å². The normalized spacial score (nSPS) is 18.3. The van der Waals surface area contributed by atoms with Gasteiger partial charge in [0.15, 0.2) is 0 Å². The van der Waals surface area contributed by atoms with E-state index in [1.54, 1.807) is 5.48 Å². The van der Waals surface area contributed by atoms with Crippen molar-refractivity contribution in [2.75, 3.05) is 37.6 Å². The summed E-state index contributed by atoms with van der Waals surface area (Å²) in [6.07, 6.45) is 8.55. The molecule has 2 aliphatic heterocycles. The van der Waals surface area contributed by atoms with Crippen molar-refractivity contribution in [3.05, 3.63) is 54.0 Å². The SMILES string of the molecule is Cn1cc(CCN2CC3(CCN(c4ncc(C(=O)NO)cn4)CC3)C2)c2ccccc21. The summed E-state index contributed by atoms with van der Waals surface area (Å²) in [5.74, 6) is 0.0543. The quantitative estimate of drug-likeness (QED) is 0.486. The Balaban J connectivity index is 1.12. The molecule has 2 aliphatic rings. The maximum absolute atomic E-state index is 11.4. The highest BCUT2D eigenvalue weighted by atomic mass is 16.5. The van der Waals surface area contributed by atoms with Crippen LogP contribution in [0.2, 0.25) is 0 Å². The van der Waals surface area contributed by atoms with Crippen LogP contribution >= 0.6 is 0 Å². The first-order chi connectivity index (χ1) is 15.1. The molecule has 5 rings (SSSR count). The van der Waals surface area contributed by atoms with Gasteiger partial charge in [0.25, 0.3) is 5.91 Å². The van der Waals surface area contributed by atoms with Crippen LogP contribution in [0, 0.1) is 5.41 Å². The van der Waals surface area contributed by atoms with Gasteiger partial charge >= 0.3 is 0 Å². The van der Waals surface area contributed by atoms with Gasteiger partial charge < -0.3 is 14.4 Å². The minimum Gasteiger partial charge on any atom is -0.350 e. The molecular weight excluding hydrogens is 392 g/mol. The third-order valence-electron chi connectivity index (χ3n) is 6.90. The average Bonchev–Trinajstić information content (AvgIpc) is 3.12. The molecule has 0 atom stereocenters. The lowest BCUT2D eigenvalue weighted by Crippen LogP contribution is -2.60. The summed E-state index contributed by atoms with van der Waals surface area (Å²) >= 11 is 0. The highest BCUT2D eigenvalue weighted by Crippen LogP contribution is 2.41. The molecule has 2 fully saturated rings. The number of nitrogens with zero attached hydrogens (tertiary/aromatic N) is 5. The van der Waals surface area contributed by atoms with E-state index in [9.17, 15) is 4.79 Å². The van der Waals surface area contributed by atoms with Gasteiger partial charge in [-0.05, 0) is 36.3 Å². The molecule has 0 saturated carbocycles. The lowest BCUT2D eigenvalue weighted by Gasteiger charge is -2.54. The predicted octanol–water partition coefficient (Wildman–Crippen LogP) is 2.23. The number of carbonyl (C=O) groups excluding carboxylic acids is 1. The van der Waals surface area contributed by atoms with Gasteiger partial charge in [0.1, 0.15) is 0 Å². The van der Waals surface area contributed by atoms with Crippen LogP contribution in [0.3, 0.4) is 0 Å². The Hall–Kier alpha value is -2.97. The van der Waals surface area contributed by atoms with Crippen LogP contribution in [0.5, 0.6) is 0 Å². The van der Waals surface area contributed by atoms with Crippen molar-refractivity contribution < 1.29 is 10.0 Å². The van der Waals surface area contributed by atoms with E-state index in [4.69, 9.17) is 5.21 Å². The van der Waals surface area contributed by atoms with Crippen LogP contribution < -0.4 is 10.4 Å². The van der Waals surface area contributed by atoms with Gasteiger partial charge in [-0.3, -0.25) is 10.0 Å². The standard InChI is InChI=1S/C23H28N6O2/c1-27-14-17(19-4-2-3-5-20(19)27)6-9-28-15-23(16-28)7-10-29(11-8-23)22-24-12-18(13-25-22)21(30)26-31/h2-5,12-14,31H,6-11,15-16H2,1H3,(H,26,30). The Morgan fingerprint density at radius 1 is 1.16 bits per heavy atom. The fourth-order valence-electron chi connectivity index (χ4n) is 5.13. The second kappa shape index (κ2) is 7.94. The van der Waals surface area contributed by atoms with E-state index in [0.29, 0.717) is 11.4 Å². The molecule has 1 aromatic carbocycles. The number of hydroxylamine groups is 1. The monoisotopic (exact) mass is 420 g/mol. The number of para-hydroxylation sites is 1. The van der Waals surface area contributed by atoms with E-state index >= 15 is 0 Å². The number of amides is 1. The summed E-state index contributed by atoms with van der Waals surface area (Å²) < 4.78 is 2.23. The molecule has 3 aromatic rings. The van der Waals surface area contributed by atoms with Crippen molar-refractivity contribution in [2.45, 2.75) is 19.3 Å². The molecule has 2 aromatic heterocycles. The Morgan fingerprint density at radius 2 is 1.87 bits per heavy atom. The third-order valence-corrected chi connectivity index (χ3v) is 6.90. The number of benzene rings is 1. The van der Waals surface area contributed by atoms with E-state index < -0.39 is 5.91 Å².